The number of nitrogens with zero attached hydrogens (tertiary/aromatic N) is 2. The van der Waals surface area contributed by atoms with Crippen molar-refractivity contribution < 1.29 is 9.47 Å². The molecule has 3 atom stereocenters. The van der Waals surface area contributed by atoms with Crippen molar-refractivity contribution in [3.8, 4) is 0 Å². The lowest BCUT2D eigenvalue weighted by atomic mass is 9.87. The van der Waals surface area contributed by atoms with Crippen LogP contribution in [-0.2, 0) is 16.0 Å². The van der Waals surface area contributed by atoms with Gasteiger partial charge in [0.25, 0.3) is 0 Å². The van der Waals surface area contributed by atoms with Crippen LogP contribution in [0.2, 0.25) is 0 Å². The summed E-state index contributed by atoms with van der Waals surface area (Å²) in [6, 6.07) is 10.7. The highest BCUT2D eigenvalue weighted by atomic mass is 16.6. The molecule has 2 aliphatic heterocycles. The molecule has 2 saturated heterocycles. The van der Waals surface area contributed by atoms with E-state index in [-0.39, 0.29) is 11.7 Å². The highest BCUT2D eigenvalue weighted by Gasteiger charge is 2.53. The summed E-state index contributed by atoms with van der Waals surface area (Å²) < 4.78 is 12.2. The Bertz CT molecular complexity index is 710. The van der Waals surface area contributed by atoms with Gasteiger partial charge in [-0.25, -0.2) is 0 Å². The predicted molar refractivity (Wildman–Crippen MR) is 96.6 cm³/mol. The monoisotopic (exact) mass is 341 g/mol. The molecule has 0 radical (unpaired) electrons. The molecular weight excluding hydrogens is 314 g/mol. The number of aromatic nitrogens is 2. The zero-order valence-corrected chi connectivity index (χ0v) is 15.3. The van der Waals surface area contributed by atoms with Gasteiger partial charge in [0.05, 0.1) is 18.4 Å². The van der Waals surface area contributed by atoms with E-state index in [1.165, 1.54) is 11.1 Å². The van der Waals surface area contributed by atoms with Crippen LogP contribution < -0.4 is 0 Å². The number of hydrogen-bond donors (Lipinski definition) is 1. The third-order valence-electron chi connectivity index (χ3n) is 5.88. The maximum absolute atomic E-state index is 6.39. The Labute approximate surface area is 149 Å². The zero-order chi connectivity index (χ0) is 17.4. The van der Waals surface area contributed by atoms with Crippen LogP contribution in [0.3, 0.4) is 0 Å². The molecule has 0 amide bonds. The lowest BCUT2D eigenvalue weighted by Gasteiger charge is -2.28. The van der Waals surface area contributed by atoms with Gasteiger partial charge >= 0.3 is 0 Å². The molecule has 25 heavy (non-hydrogen) atoms. The van der Waals surface area contributed by atoms with E-state index >= 15 is 0 Å². The minimum Gasteiger partial charge on any atom is -0.377 e. The molecule has 4 rings (SSSR count). The summed E-state index contributed by atoms with van der Waals surface area (Å²) in [7, 11) is 1.81. The second kappa shape index (κ2) is 6.56. The minimum atomic E-state index is -0.194. The van der Waals surface area contributed by atoms with Crippen molar-refractivity contribution in [3.05, 3.63) is 52.8 Å². The van der Waals surface area contributed by atoms with Crippen LogP contribution in [0.4, 0.5) is 0 Å². The largest absolute Gasteiger partial charge is 0.377 e. The second-order valence-electron chi connectivity index (χ2n) is 7.49. The summed E-state index contributed by atoms with van der Waals surface area (Å²) in [5, 5.41) is 7.41. The van der Waals surface area contributed by atoms with Crippen LogP contribution in [0, 0.1) is 13.8 Å². The molecule has 2 fully saturated rings. The maximum Gasteiger partial charge on any atom is 0.109 e. The SMILES string of the molecule is CO[C@@H]1CN(Cc2c(C)n[nH]c2C)C[C@]12C[C@@H](c1ccccc1)CO2. The van der Waals surface area contributed by atoms with Gasteiger partial charge in [0.1, 0.15) is 5.60 Å². The second-order valence-corrected chi connectivity index (χ2v) is 7.49. The Morgan fingerprint density at radius 2 is 2.12 bits per heavy atom. The molecule has 3 heterocycles. The van der Waals surface area contributed by atoms with Crippen LogP contribution in [0.15, 0.2) is 30.3 Å². The Hall–Kier alpha value is -1.69. The molecule has 2 aromatic rings. The number of methoxy groups -OCH3 is 1. The molecule has 0 aliphatic carbocycles. The fourth-order valence-electron chi connectivity index (χ4n) is 4.46. The first kappa shape index (κ1) is 16.8. The number of aromatic amines is 1. The van der Waals surface area contributed by atoms with Crippen LogP contribution in [0.1, 0.15) is 34.9 Å². The maximum atomic E-state index is 6.39. The van der Waals surface area contributed by atoms with Crippen molar-refractivity contribution in [1.29, 1.82) is 0 Å². The van der Waals surface area contributed by atoms with Crippen molar-refractivity contribution in [2.75, 3.05) is 26.8 Å². The number of benzene rings is 1. The number of ether oxygens (including phenoxy) is 2. The summed E-state index contributed by atoms with van der Waals surface area (Å²) in [4.78, 5) is 2.45. The van der Waals surface area contributed by atoms with Crippen LogP contribution in [0.25, 0.3) is 0 Å². The van der Waals surface area contributed by atoms with Crippen molar-refractivity contribution in [2.24, 2.45) is 0 Å². The summed E-state index contributed by atoms with van der Waals surface area (Å²) >= 11 is 0. The van der Waals surface area contributed by atoms with Gasteiger partial charge in [-0.3, -0.25) is 10.00 Å². The number of hydrogen-bond acceptors (Lipinski definition) is 4. The quantitative estimate of drug-likeness (QED) is 0.929. The Balaban J connectivity index is 1.50. The van der Waals surface area contributed by atoms with Gasteiger partial charge in [0, 0.05) is 43.9 Å². The first-order valence-electron chi connectivity index (χ1n) is 9.06. The van der Waals surface area contributed by atoms with Crippen LogP contribution in [-0.4, -0.2) is 53.6 Å². The van der Waals surface area contributed by atoms with Gasteiger partial charge in [-0.05, 0) is 25.8 Å². The third-order valence-corrected chi connectivity index (χ3v) is 5.88. The summed E-state index contributed by atoms with van der Waals surface area (Å²) in [6.45, 7) is 7.65. The highest BCUT2D eigenvalue weighted by Crippen LogP contribution is 2.43. The number of H-pyrrole nitrogens is 1. The van der Waals surface area contributed by atoms with E-state index in [1.807, 2.05) is 7.11 Å². The summed E-state index contributed by atoms with van der Waals surface area (Å²) in [6.07, 6.45) is 1.14. The Morgan fingerprint density at radius 1 is 1.32 bits per heavy atom. The van der Waals surface area contributed by atoms with E-state index in [0.717, 1.165) is 44.0 Å². The van der Waals surface area contributed by atoms with Gasteiger partial charge in [-0.1, -0.05) is 30.3 Å². The lowest BCUT2D eigenvalue weighted by Crippen LogP contribution is -2.42. The Morgan fingerprint density at radius 3 is 2.80 bits per heavy atom. The van der Waals surface area contributed by atoms with Crippen LogP contribution >= 0.6 is 0 Å². The molecule has 2 aliphatic rings. The molecule has 1 aromatic heterocycles. The topological polar surface area (TPSA) is 50.4 Å². The number of likely N-dealkylation sites (tertiary alicyclic amines) is 1. The highest BCUT2D eigenvalue weighted by molar-refractivity contribution is 5.25. The van der Waals surface area contributed by atoms with E-state index < -0.39 is 0 Å². The van der Waals surface area contributed by atoms with Crippen LogP contribution in [0.5, 0.6) is 0 Å². The lowest BCUT2D eigenvalue weighted by molar-refractivity contribution is -0.0757. The molecular formula is C20H27N3O2. The van der Waals surface area contributed by atoms with Gasteiger partial charge in [-0.15, -0.1) is 0 Å². The van der Waals surface area contributed by atoms with E-state index in [0.29, 0.717) is 5.92 Å². The van der Waals surface area contributed by atoms with Crippen molar-refractivity contribution >= 4 is 0 Å². The van der Waals surface area contributed by atoms with Crippen molar-refractivity contribution in [2.45, 2.75) is 44.4 Å². The first-order chi connectivity index (χ1) is 12.1. The number of aryl methyl sites for hydroxylation is 2. The number of nitrogens with one attached hydrogen (secondary N) is 1. The average molecular weight is 341 g/mol. The van der Waals surface area contributed by atoms with Gasteiger partial charge in [0.2, 0.25) is 0 Å². The fraction of sp³-hybridized carbons (Fsp3) is 0.550. The first-order valence-corrected chi connectivity index (χ1v) is 9.06. The van der Waals surface area contributed by atoms with Crippen molar-refractivity contribution in [1.82, 2.24) is 15.1 Å². The molecule has 1 aromatic carbocycles. The smallest absolute Gasteiger partial charge is 0.109 e. The Kier molecular flexibility index (Phi) is 4.40. The number of rotatable bonds is 4. The zero-order valence-electron chi connectivity index (χ0n) is 15.3. The fourth-order valence-corrected chi connectivity index (χ4v) is 4.46. The molecule has 5 nitrogen and oxygen atoms in total. The van der Waals surface area contributed by atoms with Crippen molar-refractivity contribution in [3.63, 3.8) is 0 Å². The standard InChI is InChI=1S/C20H27N3O2/c1-14-18(15(2)22-21-14)10-23-11-19(24-3)20(13-23)9-17(12-25-20)16-7-5-4-6-8-16/h4-8,17,19H,9-13H2,1-3H3,(H,21,22)/t17-,19-,20-/m1/s1. The predicted octanol–water partition coefficient (Wildman–Crippen LogP) is 2.80. The molecule has 134 valence electrons. The molecule has 1 spiro atoms. The summed E-state index contributed by atoms with van der Waals surface area (Å²) in [5.41, 5.74) is 4.71. The van der Waals surface area contributed by atoms with E-state index in [2.05, 4.69) is 59.3 Å². The normalized spacial score (nSPS) is 29.7. The van der Waals surface area contributed by atoms with Gasteiger partial charge < -0.3 is 9.47 Å². The average Bonchev–Trinajstić information content (AvgIpc) is 3.30. The molecule has 0 bridgehead atoms. The molecule has 1 N–H and O–H groups in total. The third kappa shape index (κ3) is 3.01. The van der Waals surface area contributed by atoms with E-state index in [4.69, 9.17) is 9.47 Å². The van der Waals surface area contributed by atoms with Gasteiger partial charge in [0.15, 0.2) is 0 Å². The summed E-state index contributed by atoms with van der Waals surface area (Å²) in [5.74, 6) is 0.455. The minimum absolute atomic E-state index is 0.119. The van der Waals surface area contributed by atoms with Gasteiger partial charge in [-0.2, -0.15) is 5.10 Å². The molecule has 0 saturated carbocycles. The molecule has 5 heteroatoms. The van der Waals surface area contributed by atoms with E-state index in [9.17, 15) is 0 Å². The van der Waals surface area contributed by atoms with E-state index in [1.54, 1.807) is 0 Å². The molecule has 0 unspecified atom stereocenters.